The Hall–Kier alpha value is -1.54. The number of carbonyl (C=O) groups excluding carboxylic acids is 1. The van der Waals surface area contributed by atoms with E-state index >= 15 is 0 Å². The van der Waals surface area contributed by atoms with Gasteiger partial charge in [-0.1, -0.05) is 0 Å². The molecule has 1 aliphatic carbocycles. The Labute approximate surface area is 136 Å². The summed E-state index contributed by atoms with van der Waals surface area (Å²) in [4.78, 5) is 11.2. The number of aromatic nitrogens is 2. The molecule has 0 spiro atoms. The van der Waals surface area contributed by atoms with Crippen LogP contribution in [0.15, 0.2) is 0 Å². The van der Waals surface area contributed by atoms with Crippen LogP contribution in [0, 0.1) is 5.92 Å². The van der Waals surface area contributed by atoms with Gasteiger partial charge < -0.3 is 19.8 Å². The molecule has 1 saturated heterocycles. The zero-order valence-electron chi connectivity index (χ0n) is 14.4. The number of nitrogens with zero attached hydrogens (tertiary/aromatic N) is 2. The highest BCUT2D eigenvalue weighted by Crippen LogP contribution is 2.38. The fourth-order valence-corrected chi connectivity index (χ4v) is 2.75. The fourth-order valence-electron chi connectivity index (χ4n) is 2.75. The smallest absolute Gasteiger partial charge is 0.399 e. The molecule has 8 heteroatoms. The van der Waals surface area contributed by atoms with Gasteiger partial charge in [-0.3, -0.25) is 4.68 Å². The fraction of sp³-hybridized carbons (Fsp3) is 0.733. The second-order valence-corrected chi connectivity index (χ2v) is 7.45. The maximum atomic E-state index is 11.2. The highest BCUT2D eigenvalue weighted by molar-refractivity contribution is 6.63. The van der Waals surface area contributed by atoms with E-state index in [2.05, 4.69) is 5.10 Å². The number of rotatable bonds is 4. The minimum absolute atomic E-state index is 0.175. The predicted octanol–water partition coefficient (Wildman–Crippen LogP) is 1.13. The standard InChI is InChI=1S/C15H24BN3O4/c1-14(2)15(3,4)23-16(22-14)11-10(8-9-6-7-9)19(5)18-12(11)21-13(17)20/h9H,6-8H2,1-5H3,(H2,17,20). The molecular weight excluding hydrogens is 297 g/mol. The molecule has 0 bridgehead atoms. The Balaban J connectivity index is 2.00. The SMILES string of the molecule is Cn1nc(OC(N)=O)c(B2OC(C)(C)C(C)(C)O2)c1CC1CC1. The van der Waals surface area contributed by atoms with Crippen molar-refractivity contribution in [3.05, 3.63) is 5.69 Å². The molecule has 2 N–H and O–H groups in total. The lowest BCUT2D eigenvalue weighted by Gasteiger charge is -2.32. The molecule has 0 aromatic carbocycles. The van der Waals surface area contributed by atoms with Gasteiger partial charge in [0.25, 0.3) is 0 Å². The Morgan fingerprint density at radius 1 is 1.35 bits per heavy atom. The zero-order valence-corrected chi connectivity index (χ0v) is 14.4. The van der Waals surface area contributed by atoms with Crippen molar-refractivity contribution < 1.29 is 18.8 Å². The molecule has 126 valence electrons. The van der Waals surface area contributed by atoms with E-state index in [0.717, 1.165) is 12.1 Å². The van der Waals surface area contributed by atoms with Crippen LogP contribution in [0.3, 0.4) is 0 Å². The van der Waals surface area contributed by atoms with E-state index in [1.807, 2.05) is 34.7 Å². The van der Waals surface area contributed by atoms with Crippen LogP contribution in [0.25, 0.3) is 0 Å². The summed E-state index contributed by atoms with van der Waals surface area (Å²) < 4.78 is 19.1. The van der Waals surface area contributed by atoms with Crippen molar-refractivity contribution in [2.24, 2.45) is 18.7 Å². The van der Waals surface area contributed by atoms with E-state index in [1.54, 1.807) is 4.68 Å². The molecule has 0 atom stereocenters. The largest absolute Gasteiger partial charge is 0.502 e. The number of hydrogen-bond donors (Lipinski definition) is 1. The molecular formula is C15H24BN3O4. The summed E-state index contributed by atoms with van der Waals surface area (Å²) in [5, 5.41) is 4.31. The molecule has 2 aliphatic rings. The van der Waals surface area contributed by atoms with E-state index in [4.69, 9.17) is 19.8 Å². The molecule has 0 unspecified atom stereocenters. The number of carbonyl (C=O) groups is 1. The summed E-state index contributed by atoms with van der Waals surface area (Å²) in [6.07, 6.45) is 2.39. The van der Waals surface area contributed by atoms with Crippen LogP contribution in [-0.4, -0.2) is 34.2 Å². The molecule has 1 saturated carbocycles. The van der Waals surface area contributed by atoms with Gasteiger partial charge in [0.1, 0.15) is 0 Å². The monoisotopic (exact) mass is 321 g/mol. The second-order valence-electron chi connectivity index (χ2n) is 7.45. The van der Waals surface area contributed by atoms with Crippen LogP contribution in [0.1, 0.15) is 46.2 Å². The number of hydrogen-bond acceptors (Lipinski definition) is 5. The minimum atomic E-state index is -0.890. The van der Waals surface area contributed by atoms with Crippen LogP contribution in [0.5, 0.6) is 5.88 Å². The first-order valence-electron chi connectivity index (χ1n) is 7.99. The first kappa shape index (κ1) is 16.3. The van der Waals surface area contributed by atoms with E-state index < -0.39 is 24.4 Å². The highest BCUT2D eigenvalue weighted by atomic mass is 16.7. The molecule has 2 heterocycles. The third kappa shape index (κ3) is 2.97. The first-order chi connectivity index (χ1) is 10.6. The number of primary amides is 1. The van der Waals surface area contributed by atoms with Gasteiger partial charge in [0.2, 0.25) is 5.88 Å². The van der Waals surface area contributed by atoms with E-state index in [0.29, 0.717) is 11.4 Å². The molecule has 7 nitrogen and oxygen atoms in total. The van der Waals surface area contributed by atoms with Gasteiger partial charge in [0.15, 0.2) is 0 Å². The summed E-state index contributed by atoms with van der Waals surface area (Å²) in [6.45, 7) is 7.94. The maximum Gasteiger partial charge on any atom is 0.502 e. The third-order valence-corrected chi connectivity index (χ3v) is 5.04. The Morgan fingerprint density at radius 3 is 2.39 bits per heavy atom. The zero-order chi connectivity index (χ0) is 17.0. The van der Waals surface area contributed by atoms with Crippen molar-refractivity contribution in [2.45, 2.75) is 58.2 Å². The van der Waals surface area contributed by atoms with Crippen LogP contribution < -0.4 is 15.9 Å². The average molecular weight is 321 g/mol. The van der Waals surface area contributed by atoms with Crippen LogP contribution in [0.4, 0.5) is 4.79 Å². The lowest BCUT2D eigenvalue weighted by atomic mass is 9.77. The number of aryl methyl sites for hydroxylation is 1. The Morgan fingerprint density at radius 2 is 1.91 bits per heavy atom. The lowest BCUT2D eigenvalue weighted by molar-refractivity contribution is 0.00578. The van der Waals surface area contributed by atoms with Crippen LogP contribution in [0.2, 0.25) is 0 Å². The number of nitrogens with two attached hydrogens (primary N) is 1. The van der Waals surface area contributed by atoms with E-state index in [9.17, 15) is 4.79 Å². The van der Waals surface area contributed by atoms with Crippen molar-refractivity contribution in [2.75, 3.05) is 0 Å². The minimum Gasteiger partial charge on any atom is -0.399 e. The topological polar surface area (TPSA) is 88.6 Å². The summed E-state index contributed by atoms with van der Waals surface area (Å²) in [5.74, 6) is 0.821. The molecule has 1 aromatic rings. The summed E-state index contributed by atoms with van der Waals surface area (Å²) >= 11 is 0. The van der Waals surface area contributed by atoms with Gasteiger partial charge in [0.05, 0.1) is 16.7 Å². The van der Waals surface area contributed by atoms with Crippen molar-refractivity contribution in [1.29, 1.82) is 0 Å². The van der Waals surface area contributed by atoms with Gasteiger partial charge in [-0.15, -0.1) is 5.10 Å². The first-order valence-corrected chi connectivity index (χ1v) is 7.99. The third-order valence-electron chi connectivity index (χ3n) is 5.04. The lowest BCUT2D eigenvalue weighted by Crippen LogP contribution is -2.41. The van der Waals surface area contributed by atoms with E-state index in [1.165, 1.54) is 12.8 Å². The van der Waals surface area contributed by atoms with Gasteiger partial charge in [0, 0.05) is 12.7 Å². The van der Waals surface area contributed by atoms with Crippen LogP contribution in [-0.2, 0) is 22.8 Å². The van der Waals surface area contributed by atoms with Crippen molar-refractivity contribution in [3.63, 3.8) is 0 Å². The van der Waals surface area contributed by atoms with Crippen molar-refractivity contribution >= 4 is 18.7 Å². The number of amides is 1. The molecule has 23 heavy (non-hydrogen) atoms. The Bertz CT molecular complexity index is 621. The predicted molar refractivity (Wildman–Crippen MR) is 85.6 cm³/mol. The van der Waals surface area contributed by atoms with Gasteiger partial charge in [-0.25, -0.2) is 4.79 Å². The van der Waals surface area contributed by atoms with E-state index in [-0.39, 0.29) is 5.88 Å². The summed E-state index contributed by atoms with van der Waals surface area (Å²) in [6, 6.07) is 0. The summed E-state index contributed by atoms with van der Waals surface area (Å²) in [5.41, 5.74) is 5.88. The molecule has 1 amide bonds. The normalized spacial score (nSPS) is 22.4. The maximum absolute atomic E-state index is 11.2. The molecule has 1 aromatic heterocycles. The van der Waals surface area contributed by atoms with Crippen molar-refractivity contribution in [3.8, 4) is 5.88 Å². The van der Waals surface area contributed by atoms with Crippen LogP contribution >= 0.6 is 0 Å². The Kier molecular flexibility index (Phi) is 3.72. The summed E-state index contributed by atoms with van der Waals surface area (Å²) in [7, 11) is 1.21. The number of ether oxygens (including phenoxy) is 1. The van der Waals surface area contributed by atoms with Gasteiger partial charge >= 0.3 is 13.2 Å². The average Bonchev–Trinajstić information content (AvgIpc) is 3.09. The van der Waals surface area contributed by atoms with Gasteiger partial charge in [-0.05, 0) is 52.9 Å². The quantitative estimate of drug-likeness (QED) is 0.840. The highest BCUT2D eigenvalue weighted by Gasteiger charge is 2.54. The molecule has 3 rings (SSSR count). The molecule has 2 fully saturated rings. The van der Waals surface area contributed by atoms with Crippen molar-refractivity contribution in [1.82, 2.24) is 9.78 Å². The second kappa shape index (κ2) is 5.24. The molecule has 1 aliphatic heterocycles. The molecule has 0 radical (unpaired) electrons. The van der Waals surface area contributed by atoms with Gasteiger partial charge in [-0.2, -0.15) is 0 Å².